The van der Waals surface area contributed by atoms with Crippen molar-refractivity contribution in [3.8, 4) is 0 Å². The minimum Gasteiger partial charge on any atom is -0.270 e. The smallest absolute Gasteiger partial charge is 0.0767 e. The number of aryl methyl sites for hydroxylation is 2. The van der Waals surface area contributed by atoms with Crippen LogP contribution in [-0.2, 0) is 19.2 Å². The van der Waals surface area contributed by atoms with E-state index in [1.165, 1.54) is 10.2 Å². The van der Waals surface area contributed by atoms with E-state index in [1.807, 2.05) is 23.5 Å². The summed E-state index contributed by atoms with van der Waals surface area (Å²) in [5.41, 5.74) is 2.43. The van der Waals surface area contributed by atoms with E-state index in [9.17, 15) is 0 Å². The predicted octanol–water partition coefficient (Wildman–Crippen LogP) is 2.61. The molecule has 68 valence electrons. The summed E-state index contributed by atoms with van der Waals surface area (Å²) in [4.78, 5) is 0. The Morgan fingerprint density at radius 1 is 1.58 bits per heavy atom. The van der Waals surface area contributed by atoms with Crippen molar-refractivity contribution in [2.45, 2.75) is 19.1 Å². The van der Waals surface area contributed by atoms with Crippen molar-refractivity contribution >= 4 is 27.7 Å². The lowest BCUT2D eigenvalue weighted by atomic mass is 10.3. The number of hydrogen-bond donors (Lipinski definition) is 0. The Bertz CT molecular complexity index is 270. The molecule has 0 unspecified atom stereocenters. The molecule has 0 bridgehead atoms. The molecule has 0 amide bonds. The zero-order chi connectivity index (χ0) is 9.14. The summed E-state index contributed by atoms with van der Waals surface area (Å²) in [6.07, 6.45) is 3.09. The molecule has 1 aromatic rings. The van der Waals surface area contributed by atoms with E-state index in [2.05, 4.69) is 34.2 Å². The highest BCUT2D eigenvalue weighted by Gasteiger charge is 2.10. The number of thioether (sulfide) groups is 1. The molecule has 0 saturated heterocycles. The lowest BCUT2D eigenvalue weighted by Crippen LogP contribution is -1.96. The summed E-state index contributed by atoms with van der Waals surface area (Å²) in [7, 11) is 2.00. The first kappa shape index (κ1) is 10.1. The van der Waals surface area contributed by atoms with Crippen LogP contribution in [0.3, 0.4) is 0 Å². The highest BCUT2D eigenvalue weighted by atomic mass is 79.9. The van der Waals surface area contributed by atoms with Crippen LogP contribution in [0.5, 0.6) is 0 Å². The summed E-state index contributed by atoms with van der Waals surface area (Å²) in [5, 5.41) is 4.40. The topological polar surface area (TPSA) is 17.8 Å². The van der Waals surface area contributed by atoms with Crippen LogP contribution in [0.15, 0.2) is 4.47 Å². The average Bonchev–Trinajstić information content (AvgIpc) is 2.32. The van der Waals surface area contributed by atoms with Crippen molar-refractivity contribution in [2.24, 2.45) is 7.05 Å². The maximum atomic E-state index is 4.40. The van der Waals surface area contributed by atoms with E-state index in [-0.39, 0.29) is 0 Å². The standard InChI is InChI=1S/C8H13BrN2S/c1-4-6-8(9)7(5-12-3)11(2)10-6/h4-5H2,1-3H3. The lowest BCUT2D eigenvalue weighted by Gasteiger charge is -1.98. The van der Waals surface area contributed by atoms with Gasteiger partial charge < -0.3 is 0 Å². The van der Waals surface area contributed by atoms with Gasteiger partial charge in [0.1, 0.15) is 0 Å². The fourth-order valence-corrected chi connectivity index (χ4v) is 2.66. The number of halogens is 1. The van der Waals surface area contributed by atoms with Crippen LogP contribution in [0.4, 0.5) is 0 Å². The van der Waals surface area contributed by atoms with E-state index in [1.54, 1.807) is 0 Å². The molecule has 0 radical (unpaired) electrons. The van der Waals surface area contributed by atoms with Gasteiger partial charge in [0.25, 0.3) is 0 Å². The third-order valence-electron chi connectivity index (χ3n) is 1.78. The molecule has 0 aliphatic rings. The summed E-state index contributed by atoms with van der Waals surface area (Å²) in [5.74, 6) is 1.02. The second-order valence-electron chi connectivity index (χ2n) is 2.62. The van der Waals surface area contributed by atoms with Gasteiger partial charge in [-0.2, -0.15) is 16.9 Å². The molecule has 0 fully saturated rings. The van der Waals surface area contributed by atoms with Gasteiger partial charge in [0, 0.05) is 12.8 Å². The Labute approximate surface area is 85.9 Å². The van der Waals surface area contributed by atoms with E-state index < -0.39 is 0 Å². The monoisotopic (exact) mass is 248 g/mol. The highest BCUT2D eigenvalue weighted by molar-refractivity contribution is 9.10. The van der Waals surface area contributed by atoms with Crippen molar-refractivity contribution in [1.29, 1.82) is 0 Å². The molecule has 0 aliphatic heterocycles. The number of nitrogens with zero attached hydrogens (tertiary/aromatic N) is 2. The molecule has 0 saturated carbocycles. The van der Waals surface area contributed by atoms with Gasteiger partial charge in [-0.15, -0.1) is 0 Å². The third-order valence-corrected chi connectivity index (χ3v) is 3.26. The normalized spacial score (nSPS) is 10.7. The second-order valence-corrected chi connectivity index (χ2v) is 4.28. The first-order valence-electron chi connectivity index (χ1n) is 3.89. The van der Waals surface area contributed by atoms with Crippen LogP contribution >= 0.6 is 27.7 Å². The summed E-state index contributed by atoms with van der Waals surface area (Å²) in [6.45, 7) is 2.12. The molecule has 2 nitrogen and oxygen atoms in total. The molecule has 1 heterocycles. The van der Waals surface area contributed by atoms with Crippen LogP contribution in [0, 0.1) is 0 Å². The first-order valence-corrected chi connectivity index (χ1v) is 6.08. The molecule has 0 atom stereocenters. The Hall–Kier alpha value is 0.0400. The lowest BCUT2D eigenvalue weighted by molar-refractivity contribution is 0.720. The van der Waals surface area contributed by atoms with Gasteiger partial charge in [0.05, 0.1) is 15.9 Å². The molecule has 0 N–H and O–H groups in total. The molecule has 0 aliphatic carbocycles. The van der Waals surface area contributed by atoms with E-state index in [0.29, 0.717) is 0 Å². The largest absolute Gasteiger partial charge is 0.270 e. The van der Waals surface area contributed by atoms with Crippen LogP contribution < -0.4 is 0 Å². The van der Waals surface area contributed by atoms with Gasteiger partial charge in [0.15, 0.2) is 0 Å². The zero-order valence-electron chi connectivity index (χ0n) is 7.59. The molecule has 0 aromatic carbocycles. The van der Waals surface area contributed by atoms with Crippen LogP contribution in [0.1, 0.15) is 18.3 Å². The Kier molecular flexibility index (Phi) is 3.65. The molecular formula is C8H13BrN2S. The molecule has 0 spiro atoms. The molecular weight excluding hydrogens is 236 g/mol. The fourth-order valence-electron chi connectivity index (χ4n) is 1.11. The van der Waals surface area contributed by atoms with Crippen LogP contribution in [-0.4, -0.2) is 16.0 Å². The Balaban J connectivity index is 3.01. The third kappa shape index (κ3) is 1.85. The second kappa shape index (κ2) is 4.33. The van der Waals surface area contributed by atoms with Crippen LogP contribution in [0.25, 0.3) is 0 Å². The van der Waals surface area contributed by atoms with Gasteiger partial charge in [0.2, 0.25) is 0 Å². The first-order chi connectivity index (χ1) is 5.70. The van der Waals surface area contributed by atoms with Crippen molar-refractivity contribution in [2.75, 3.05) is 6.26 Å². The molecule has 12 heavy (non-hydrogen) atoms. The minimum absolute atomic E-state index is 0.989. The van der Waals surface area contributed by atoms with Gasteiger partial charge in [-0.05, 0) is 28.6 Å². The molecule has 1 rings (SSSR count). The van der Waals surface area contributed by atoms with Gasteiger partial charge in [-0.3, -0.25) is 4.68 Å². The predicted molar refractivity (Wildman–Crippen MR) is 57.5 cm³/mol. The van der Waals surface area contributed by atoms with E-state index >= 15 is 0 Å². The number of rotatable bonds is 3. The zero-order valence-corrected chi connectivity index (χ0v) is 10.00. The fraction of sp³-hybridized carbons (Fsp3) is 0.625. The average molecular weight is 249 g/mol. The summed E-state index contributed by atoms with van der Waals surface area (Å²) >= 11 is 5.38. The van der Waals surface area contributed by atoms with Gasteiger partial charge >= 0.3 is 0 Å². The number of aromatic nitrogens is 2. The molecule has 4 heteroatoms. The Morgan fingerprint density at radius 3 is 2.67 bits per heavy atom. The van der Waals surface area contributed by atoms with E-state index in [0.717, 1.165) is 17.9 Å². The minimum atomic E-state index is 0.989. The van der Waals surface area contributed by atoms with Crippen molar-refractivity contribution in [3.05, 3.63) is 15.9 Å². The Morgan fingerprint density at radius 2 is 2.25 bits per heavy atom. The maximum absolute atomic E-state index is 4.40. The quantitative estimate of drug-likeness (QED) is 0.819. The number of hydrogen-bond acceptors (Lipinski definition) is 2. The summed E-state index contributed by atoms with van der Waals surface area (Å²) < 4.78 is 3.14. The van der Waals surface area contributed by atoms with Gasteiger partial charge in [-0.1, -0.05) is 6.92 Å². The van der Waals surface area contributed by atoms with Crippen molar-refractivity contribution in [3.63, 3.8) is 0 Å². The van der Waals surface area contributed by atoms with Gasteiger partial charge in [-0.25, -0.2) is 0 Å². The van der Waals surface area contributed by atoms with Crippen LogP contribution in [0.2, 0.25) is 0 Å². The van der Waals surface area contributed by atoms with Crippen molar-refractivity contribution < 1.29 is 0 Å². The highest BCUT2D eigenvalue weighted by Crippen LogP contribution is 2.24. The SMILES string of the molecule is CCc1nn(C)c(CSC)c1Br. The van der Waals surface area contributed by atoms with Crippen molar-refractivity contribution in [1.82, 2.24) is 9.78 Å². The maximum Gasteiger partial charge on any atom is 0.0767 e. The molecule has 1 aromatic heterocycles. The summed E-state index contributed by atoms with van der Waals surface area (Å²) in [6, 6.07) is 0. The van der Waals surface area contributed by atoms with E-state index in [4.69, 9.17) is 0 Å².